The Kier molecular flexibility index (Phi) is 9.16. The first kappa shape index (κ1) is 29.8. The predicted octanol–water partition coefficient (Wildman–Crippen LogP) is 4.50. The summed E-state index contributed by atoms with van der Waals surface area (Å²) in [6, 6.07) is 18.3. The van der Waals surface area contributed by atoms with Gasteiger partial charge in [-0.15, -0.1) is 5.10 Å². The lowest BCUT2D eigenvalue weighted by Crippen LogP contribution is -2.30. The number of benzene rings is 3. The van der Waals surface area contributed by atoms with Crippen LogP contribution in [0.3, 0.4) is 0 Å². The molecule has 0 fully saturated rings. The first-order chi connectivity index (χ1) is 21.3. The molecule has 0 spiro atoms. The Labute approximate surface area is 254 Å². The Bertz CT molecular complexity index is 1860. The summed E-state index contributed by atoms with van der Waals surface area (Å²) in [6.07, 6.45) is 3.94. The molecule has 0 saturated carbocycles. The molecule has 12 nitrogen and oxygen atoms in total. The molecule has 44 heavy (non-hydrogen) atoms. The first-order valence-electron chi connectivity index (χ1n) is 13.1. The number of hydrogen-bond donors (Lipinski definition) is 3. The Morgan fingerprint density at radius 2 is 1.86 bits per heavy atom. The highest BCUT2D eigenvalue weighted by Crippen LogP contribution is 2.24. The lowest BCUT2D eigenvalue weighted by Gasteiger charge is -2.18. The Morgan fingerprint density at radius 3 is 2.57 bits per heavy atom. The highest BCUT2D eigenvalue weighted by Gasteiger charge is 2.19. The zero-order valence-electron chi connectivity index (χ0n) is 23.1. The van der Waals surface area contributed by atoms with E-state index >= 15 is 0 Å². The van der Waals surface area contributed by atoms with Gasteiger partial charge in [-0.05, 0) is 82.6 Å². The number of rotatable bonds is 9. The van der Waals surface area contributed by atoms with Gasteiger partial charge in [-0.1, -0.05) is 35.9 Å². The molecule has 0 saturated heterocycles. The van der Waals surface area contributed by atoms with Crippen molar-refractivity contribution in [2.75, 3.05) is 12.4 Å². The van der Waals surface area contributed by atoms with Gasteiger partial charge >= 0.3 is 6.09 Å². The van der Waals surface area contributed by atoms with E-state index in [2.05, 4.69) is 41.1 Å². The third kappa shape index (κ3) is 7.38. The van der Waals surface area contributed by atoms with Crippen LogP contribution in [-0.2, 0) is 16.0 Å². The fourth-order valence-corrected chi connectivity index (χ4v) is 4.51. The Hall–Kier alpha value is -5.69. The topological polar surface area (TPSA) is 157 Å². The largest absolute Gasteiger partial charge is 0.453 e. The molecule has 14 heteroatoms. The van der Waals surface area contributed by atoms with Gasteiger partial charge in [-0.3, -0.25) is 14.9 Å². The summed E-state index contributed by atoms with van der Waals surface area (Å²) < 4.78 is 19.6. The molecule has 0 aliphatic rings. The van der Waals surface area contributed by atoms with E-state index < -0.39 is 29.4 Å². The lowest BCUT2D eigenvalue weighted by atomic mass is 10.00. The van der Waals surface area contributed by atoms with Crippen LogP contribution in [0.1, 0.15) is 22.9 Å². The number of hydrogen-bond acceptors (Lipinski definition) is 8. The van der Waals surface area contributed by atoms with E-state index in [4.69, 9.17) is 11.6 Å². The van der Waals surface area contributed by atoms with Crippen molar-refractivity contribution in [2.45, 2.75) is 12.5 Å². The van der Waals surface area contributed by atoms with Crippen molar-refractivity contribution in [3.8, 4) is 16.8 Å². The van der Waals surface area contributed by atoms with Crippen LogP contribution in [0.2, 0.25) is 5.02 Å². The number of anilines is 1. The molecule has 2 aromatic heterocycles. The van der Waals surface area contributed by atoms with Crippen molar-refractivity contribution < 1.29 is 18.7 Å². The SMILES string of the molecule is COC(=O)Nc1ccc(-c2cc([C@H](Cc3ccc(F)cc3)NC(=O)C=Cc3cc(Cl)ccc3-n3cnnn3)n[nH]c2=O)cc1. The van der Waals surface area contributed by atoms with Crippen LogP contribution in [0.5, 0.6) is 0 Å². The normalized spacial score (nSPS) is 11.7. The van der Waals surface area contributed by atoms with E-state index in [1.165, 1.54) is 36.3 Å². The summed E-state index contributed by atoms with van der Waals surface area (Å²) in [6.45, 7) is 0. The number of halogens is 2. The maximum atomic E-state index is 13.6. The molecule has 0 aliphatic heterocycles. The number of methoxy groups -OCH3 is 1. The fourth-order valence-electron chi connectivity index (χ4n) is 4.33. The number of carbonyl (C=O) groups is 2. The van der Waals surface area contributed by atoms with Gasteiger partial charge in [0, 0.05) is 22.3 Å². The molecular formula is C30H24ClFN8O4. The standard InChI is InChI=1S/C30H24ClFN8O4/c1-44-30(43)34-23-10-4-19(5-11-23)24-16-26(36-37-29(24)42)25(14-18-2-8-22(32)9-3-18)35-28(41)13-6-20-15-21(31)7-12-27(20)40-17-33-38-39-40/h2-13,15-17,25H,14H2,1H3,(H,34,43)(H,35,41)(H,37,42)/t25-/m0/s1. The van der Waals surface area contributed by atoms with Crippen LogP contribution in [0.4, 0.5) is 14.9 Å². The van der Waals surface area contributed by atoms with Crippen molar-refractivity contribution in [1.29, 1.82) is 0 Å². The summed E-state index contributed by atoms with van der Waals surface area (Å²) in [4.78, 5) is 37.5. The number of ether oxygens (including phenoxy) is 1. The lowest BCUT2D eigenvalue weighted by molar-refractivity contribution is -0.117. The van der Waals surface area contributed by atoms with Crippen LogP contribution in [0, 0.1) is 5.82 Å². The minimum atomic E-state index is -0.716. The predicted molar refractivity (Wildman–Crippen MR) is 161 cm³/mol. The maximum absolute atomic E-state index is 13.6. The van der Waals surface area contributed by atoms with Gasteiger partial charge in [0.05, 0.1) is 30.1 Å². The summed E-state index contributed by atoms with van der Waals surface area (Å²) in [5.74, 6) is -0.862. The molecule has 2 amide bonds. The molecule has 0 bridgehead atoms. The number of amides is 2. The molecule has 5 aromatic rings. The van der Waals surface area contributed by atoms with Gasteiger partial charge < -0.3 is 10.1 Å². The van der Waals surface area contributed by atoms with Crippen LogP contribution >= 0.6 is 11.6 Å². The minimum absolute atomic E-state index is 0.243. The molecule has 2 heterocycles. The van der Waals surface area contributed by atoms with Gasteiger partial charge in [-0.25, -0.2) is 14.3 Å². The second kappa shape index (κ2) is 13.5. The maximum Gasteiger partial charge on any atom is 0.411 e. The Morgan fingerprint density at radius 1 is 1.09 bits per heavy atom. The van der Waals surface area contributed by atoms with Gasteiger partial charge in [-0.2, -0.15) is 9.78 Å². The second-order valence-corrected chi connectivity index (χ2v) is 9.85. The molecule has 1 atom stereocenters. The first-order valence-corrected chi connectivity index (χ1v) is 13.5. The summed E-state index contributed by atoms with van der Waals surface area (Å²) in [5, 5.41) is 23.8. The van der Waals surface area contributed by atoms with Crippen molar-refractivity contribution in [3.63, 3.8) is 0 Å². The molecular weight excluding hydrogens is 591 g/mol. The average molecular weight is 615 g/mol. The number of nitrogens with zero attached hydrogens (tertiary/aromatic N) is 5. The summed E-state index contributed by atoms with van der Waals surface area (Å²) in [5.41, 5.74) is 3.14. The third-order valence-electron chi connectivity index (χ3n) is 6.48. The quantitative estimate of drug-likeness (QED) is 0.205. The van der Waals surface area contributed by atoms with Crippen LogP contribution in [-0.4, -0.2) is 49.5 Å². The van der Waals surface area contributed by atoms with Crippen molar-refractivity contribution >= 4 is 35.4 Å². The van der Waals surface area contributed by atoms with Crippen molar-refractivity contribution in [2.24, 2.45) is 0 Å². The van der Waals surface area contributed by atoms with E-state index in [9.17, 15) is 18.8 Å². The zero-order chi connectivity index (χ0) is 31.1. The van der Waals surface area contributed by atoms with Crippen molar-refractivity contribution in [1.82, 2.24) is 35.7 Å². The molecule has 3 aromatic carbocycles. The van der Waals surface area contributed by atoms with Gasteiger partial charge in [0.25, 0.3) is 5.56 Å². The number of aromatic nitrogens is 6. The summed E-state index contributed by atoms with van der Waals surface area (Å²) in [7, 11) is 1.25. The van der Waals surface area contributed by atoms with Crippen LogP contribution in [0.15, 0.2) is 90.0 Å². The highest BCUT2D eigenvalue weighted by atomic mass is 35.5. The van der Waals surface area contributed by atoms with E-state index in [1.54, 1.807) is 66.7 Å². The molecule has 0 radical (unpaired) electrons. The van der Waals surface area contributed by atoms with E-state index in [1.807, 2.05) is 0 Å². The van der Waals surface area contributed by atoms with E-state index in [0.717, 1.165) is 5.56 Å². The Balaban J connectivity index is 1.43. The number of aromatic amines is 1. The second-order valence-electron chi connectivity index (χ2n) is 9.41. The van der Waals surface area contributed by atoms with Crippen LogP contribution in [0.25, 0.3) is 22.9 Å². The van der Waals surface area contributed by atoms with Gasteiger partial charge in [0.2, 0.25) is 5.91 Å². The van der Waals surface area contributed by atoms with Crippen molar-refractivity contribution in [3.05, 3.63) is 123 Å². The monoisotopic (exact) mass is 614 g/mol. The molecule has 5 rings (SSSR count). The highest BCUT2D eigenvalue weighted by molar-refractivity contribution is 6.30. The fraction of sp³-hybridized carbons (Fsp3) is 0.100. The minimum Gasteiger partial charge on any atom is -0.453 e. The molecule has 0 aliphatic carbocycles. The molecule has 222 valence electrons. The molecule has 0 unspecified atom stereocenters. The summed E-state index contributed by atoms with van der Waals surface area (Å²) >= 11 is 6.19. The smallest absolute Gasteiger partial charge is 0.411 e. The third-order valence-corrected chi connectivity index (χ3v) is 6.71. The van der Waals surface area contributed by atoms with Gasteiger partial charge in [0.15, 0.2) is 0 Å². The number of nitrogens with one attached hydrogen (secondary N) is 3. The average Bonchev–Trinajstić information content (AvgIpc) is 3.56. The van der Waals surface area contributed by atoms with E-state index in [-0.39, 0.29) is 6.42 Å². The number of carbonyl (C=O) groups excluding carboxylic acids is 2. The zero-order valence-corrected chi connectivity index (χ0v) is 23.8. The number of H-pyrrole nitrogens is 1. The number of tetrazole rings is 1. The van der Waals surface area contributed by atoms with Crippen LogP contribution < -0.4 is 16.2 Å². The van der Waals surface area contributed by atoms with E-state index in [0.29, 0.717) is 38.8 Å². The molecule has 3 N–H and O–H groups in total. The van der Waals surface area contributed by atoms with Gasteiger partial charge in [0.1, 0.15) is 12.1 Å².